The summed E-state index contributed by atoms with van der Waals surface area (Å²) in [6, 6.07) is -1.22. The first-order chi connectivity index (χ1) is 9.04. The van der Waals surface area contributed by atoms with E-state index in [1.165, 1.54) is 0 Å². The highest BCUT2D eigenvalue weighted by Crippen LogP contribution is 2.33. The van der Waals surface area contributed by atoms with Gasteiger partial charge in [-0.05, 0) is 32.2 Å². The SMILES string of the molecule is NC(=O)N1CCC[C@@]1(C(=O)CO)C(=O)[C@@H]1CCCN1. The number of aliphatic hydroxyl groups is 1. The van der Waals surface area contributed by atoms with Crippen LogP contribution in [-0.2, 0) is 9.59 Å². The number of ketones is 2. The van der Waals surface area contributed by atoms with Gasteiger partial charge in [-0.15, -0.1) is 0 Å². The zero-order valence-electron chi connectivity index (χ0n) is 10.7. The molecule has 0 saturated carbocycles. The molecule has 0 bridgehead atoms. The number of likely N-dealkylation sites (tertiary alicyclic amines) is 1. The zero-order chi connectivity index (χ0) is 14.0. The first-order valence-electron chi connectivity index (χ1n) is 6.53. The molecule has 2 atom stereocenters. The van der Waals surface area contributed by atoms with Crippen LogP contribution in [0.3, 0.4) is 0 Å². The Kier molecular flexibility index (Phi) is 3.86. The molecule has 2 aliphatic heterocycles. The van der Waals surface area contributed by atoms with Crippen molar-refractivity contribution in [1.82, 2.24) is 10.2 Å². The minimum atomic E-state index is -1.57. The van der Waals surface area contributed by atoms with Gasteiger partial charge < -0.3 is 21.1 Å². The number of aliphatic hydroxyl groups excluding tert-OH is 1. The number of nitrogens with two attached hydrogens (primary N) is 1. The molecule has 0 unspecified atom stereocenters. The quantitative estimate of drug-likeness (QED) is 0.554. The summed E-state index contributed by atoms with van der Waals surface area (Å²) in [5.41, 5.74) is 3.72. The summed E-state index contributed by atoms with van der Waals surface area (Å²) in [5, 5.41) is 12.2. The number of Topliss-reactive ketones (excluding diaryl/α,β-unsaturated/α-hetero) is 2. The standard InChI is InChI=1S/C12H19N3O4/c13-11(19)15-6-2-4-12(15,9(17)7-16)10(18)8-3-1-5-14-8/h8,14,16H,1-7H2,(H2,13,19)/t8-,12+/m0/s1. The summed E-state index contributed by atoms with van der Waals surface area (Å²) in [7, 11) is 0. The highest BCUT2D eigenvalue weighted by atomic mass is 16.3. The zero-order valence-corrected chi connectivity index (χ0v) is 10.7. The van der Waals surface area contributed by atoms with Gasteiger partial charge >= 0.3 is 6.03 Å². The van der Waals surface area contributed by atoms with Gasteiger partial charge in [0.05, 0.1) is 6.04 Å². The molecule has 2 fully saturated rings. The summed E-state index contributed by atoms with van der Waals surface area (Å²) in [6.07, 6.45) is 2.28. The molecule has 2 heterocycles. The van der Waals surface area contributed by atoms with Crippen molar-refractivity contribution in [2.75, 3.05) is 19.7 Å². The van der Waals surface area contributed by atoms with Crippen LogP contribution in [0.15, 0.2) is 0 Å². The summed E-state index contributed by atoms with van der Waals surface area (Å²) in [6.45, 7) is 0.234. The van der Waals surface area contributed by atoms with Crippen LogP contribution in [0.2, 0.25) is 0 Å². The van der Waals surface area contributed by atoms with Gasteiger partial charge in [0, 0.05) is 6.54 Å². The lowest BCUT2D eigenvalue weighted by atomic mass is 9.82. The molecule has 7 nitrogen and oxygen atoms in total. The number of hydrogen-bond acceptors (Lipinski definition) is 5. The molecule has 0 aromatic carbocycles. The van der Waals surface area contributed by atoms with Crippen LogP contribution in [0.4, 0.5) is 4.79 Å². The van der Waals surface area contributed by atoms with Crippen LogP contribution in [0.1, 0.15) is 25.7 Å². The van der Waals surface area contributed by atoms with E-state index in [1.807, 2.05) is 0 Å². The van der Waals surface area contributed by atoms with Gasteiger partial charge in [-0.1, -0.05) is 0 Å². The Morgan fingerprint density at radius 1 is 1.37 bits per heavy atom. The van der Waals surface area contributed by atoms with Gasteiger partial charge in [-0.2, -0.15) is 0 Å². The van der Waals surface area contributed by atoms with Gasteiger partial charge in [0.1, 0.15) is 6.61 Å². The number of amides is 2. The van der Waals surface area contributed by atoms with Crippen LogP contribution in [-0.4, -0.2) is 58.9 Å². The average Bonchev–Trinajstić information content (AvgIpc) is 3.06. The van der Waals surface area contributed by atoms with Gasteiger partial charge in [0.15, 0.2) is 17.1 Å². The normalized spacial score (nSPS) is 30.6. The molecule has 0 aliphatic carbocycles. The predicted octanol–water partition coefficient (Wildman–Crippen LogP) is -1.22. The Hall–Kier alpha value is -1.47. The van der Waals surface area contributed by atoms with Crippen molar-refractivity contribution >= 4 is 17.6 Å². The molecule has 4 N–H and O–H groups in total. The van der Waals surface area contributed by atoms with Crippen molar-refractivity contribution < 1.29 is 19.5 Å². The second kappa shape index (κ2) is 5.26. The number of carbonyl (C=O) groups is 3. The first-order valence-corrected chi connectivity index (χ1v) is 6.53. The minimum Gasteiger partial charge on any atom is -0.388 e. The Morgan fingerprint density at radius 2 is 2.11 bits per heavy atom. The molecule has 0 aromatic heterocycles. The molecule has 7 heteroatoms. The average molecular weight is 269 g/mol. The number of hydrogen-bond donors (Lipinski definition) is 3. The topological polar surface area (TPSA) is 113 Å². The van der Waals surface area contributed by atoms with Crippen LogP contribution < -0.4 is 11.1 Å². The smallest absolute Gasteiger partial charge is 0.315 e. The first kappa shape index (κ1) is 14.0. The van der Waals surface area contributed by atoms with Crippen molar-refractivity contribution in [3.63, 3.8) is 0 Å². The number of urea groups is 1. The molecule has 19 heavy (non-hydrogen) atoms. The molecule has 2 rings (SSSR count). The Balaban J connectivity index is 2.36. The number of carbonyl (C=O) groups excluding carboxylic acids is 3. The van der Waals surface area contributed by atoms with Gasteiger partial charge in [0.25, 0.3) is 0 Å². The second-order valence-electron chi connectivity index (χ2n) is 5.05. The second-order valence-corrected chi connectivity index (χ2v) is 5.05. The third-order valence-electron chi connectivity index (χ3n) is 4.04. The molecule has 2 aliphatic rings. The molecule has 2 amide bonds. The maximum atomic E-state index is 12.6. The highest BCUT2D eigenvalue weighted by Gasteiger charge is 2.56. The van der Waals surface area contributed by atoms with Gasteiger partial charge in [-0.3, -0.25) is 9.59 Å². The minimum absolute atomic E-state index is 0.242. The van der Waals surface area contributed by atoms with Gasteiger partial charge in [-0.25, -0.2) is 4.79 Å². The van der Waals surface area contributed by atoms with Crippen LogP contribution in [0.25, 0.3) is 0 Å². The van der Waals surface area contributed by atoms with E-state index in [2.05, 4.69) is 5.32 Å². The lowest BCUT2D eigenvalue weighted by molar-refractivity contribution is -0.142. The van der Waals surface area contributed by atoms with Crippen molar-refractivity contribution in [2.45, 2.75) is 37.3 Å². The molecular formula is C12H19N3O4. The Bertz CT molecular complexity index is 406. The third kappa shape index (κ3) is 2.12. The van der Waals surface area contributed by atoms with E-state index in [0.717, 1.165) is 17.9 Å². The van der Waals surface area contributed by atoms with E-state index < -0.39 is 30.0 Å². The third-order valence-corrected chi connectivity index (χ3v) is 4.04. The monoisotopic (exact) mass is 269 g/mol. The molecule has 2 saturated heterocycles. The highest BCUT2D eigenvalue weighted by molar-refractivity contribution is 6.16. The molecule has 0 aromatic rings. The molecule has 0 spiro atoms. The van der Waals surface area contributed by atoms with E-state index in [9.17, 15) is 14.4 Å². The van der Waals surface area contributed by atoms with E-state index in [0.29, 0.717) is 12.8 Å². The number of primary amides is 1. The molecule has 0 radical (unpaired) electrons. The fourth-order valence-corrected chi connectivity index (χ4v) is 3.13. The lowest BCUT2D eigenvalue weighted by Gasteiger charge is -2.36. The van der Waals surface area contributed by atoms with Crippen molar-refractivity contribution in [2.24, 2.45) is 5.73 Å². The van der Waals surface area contributed by atoms with E-state index in [4.69, 9.17) is 10.8 Å². The maximum absolute atomic E-state index is 12.6. The number of nitrogens with zero attached hydrogens (tertiary/aromatic N) is 1. The molecule has 106 valence electrons. The van der Waals surface area contributed by atoms with Crippen LogP contribution >= 0.6 is 0 Å². The fourth-order valence-electron chi connectivity index (χ4n) is 3.13. The van der Waals surface area contributed by atoms with Crippen LogP contribution in [0, 0.1) is 0 Å². The maximum Gasteiger partial charge on any atom is 0.315 e. The van der Waals surface area contributed by atoms with Gasteiger partial charge in [0.2, 0.25) is 0 Å². The largest absolute Gasteiger partial charge is 0.388 e. The summed E-state index contributed by atoms with van der Waals surface area (Å²) in [5.74, 6) is -0.970. The summed E-state index contributed by atoms with van der Waals surface area (Å²) in [4.78, 5) is 37.4. The Labute approximate surface area is 111 Å². The Morgan fingerprint density at radius 3 is 2.63 bits per heavy atom. The number of nitrogens with one attached hydrogen (secondary N) is 1. The van der Waals surface area contributed by atoms with Crippen molar-refractivity contribution in [3.8, 4) is 0 Å². The fraction of sp³-hybridized carbons (Fsp3) is 0.750. The summed E-state index contributed by atoms with van der Waals surface area (Å²) < 4.78 is 0. The molecular weight excluding hydrogens is 250 g/mol. The lowest BCUT2D eigenvalue weighted by Crippen LogP contribution is -2.64. The van der Waals surface area contributed by atoms with E-state index in [-0.39, 0.29) is 18.7 Å². The number of rotatable bonds is 4. The van der Waals surface area contributed by atoms with Crippen LogP contribution in [0.5, 0.6) is 0 Å². The van der Waals surface area contributed by atoms with Crippen molar-refractivity contribution in [3.05, 3.63) is 0 Å². The van der Waals surface area contributed by atoms with E-state index >= 15 is 0 Å². The predicted molar refractivity (Wildman–Crippen MR) is 66.4 cm³/mol. The van der Waals surface area contributed by atoms with Crippen molar-refractivity contribution in [1.29, 1.82) is 0 Å². The van der Waals surface area contributed by atoms with E-state index in [1.54, 1.807) is 0 Å². The summed E-state index contributed by atoms with van der Waals surface area (Å²) >= 11 is 0.